The molecule has 2 saturated carbocycles. The minimum absolute atomic E-state index is 0.00599. The molecule has 6 rings (SSSR count). The predicted molar refractivity (Wildman–Crippen MR) is 141 cm³/mol. The number of cyclic esters (lactones) is 1. The number of hydrogen-bond donors (Lipinski definition) is 1. The molecule has 0 aromatic carbocycles. The first-order chi connectivity index (χ1) is 19.2. The summed E-state index contributed by atoms with van der Waals surface area (Å²) < 4.78 is 29.7. The molecule has 10 nitrogen and oxygen atoms in total. The predicted octanol–water partition coefficient (Wildman–Crippen LogP) is 3.26. The van der Waals surface area contributed by atoms with Gasteiger partial charge in [-0.2, -0.15) is 0 Å². The van der Waals surface area contributed by atoms with Crippen molar-refractivity contribution in [1.82, 2.24) is 0 Å². The van der Waals surface area contributed by atoms with Gasteiger partial charge in [0.05, 0.1) is 43.0 Å². The van der Waals surface area contributed by atoms with Crippen molar-refractivity contribution >= 4 is 23.7 Å². The van der Waals surface area contributed by atoms with Gasteiger partial charge in [-0.1, -0.05) is 34.3 Å². The van der Waals surface area contributed by atoms with Crippen LogP contribution in [0.3, 0.4) is 0 Å². The lowest BCUT2D eigenvalue weighted by Gasteiger charge is -2.67. The molecule has 4 heterocycles. The standard InChI is InChI=1S/C31H38O10/c1-15(2)9-23(34)39-27-26(36)25-16(3)31(20(32)10-18(30(27,31)6)17-7-8-37-13-17)40-21-12-24(35)41-28(4)14-38-22(33)11-19(28)29(21,25)5/h7-8,13,15,18-19,21,25-27,36H,3,9-12,14H2,1-2,4-6H3/t18-,19-,21-,25+,26+,27-,28+,29+,30+,31+/m0/s1. The van der Waals surface area contributed by atoms with E-state index >= 15 is 0 Å². The van der Waals surface area contributed by atoms with Gasteiger partial charge in [-0.25, -0.2) is 0 Å². The number of Topliss-reactive ketones (excluding diaryl/α,β-unsaturated/α-hetero) is 1. The Morgan fingerprint density at radius 3 is 2.54 bits per heavy atom. The van der Waals surface area contributed by atoms with Crippen LogP contribution in [0.2, 0.25) is 0 Å². The molecular weight excluding hydrogens is 532 g/mol. The van der Waals surface area contributed by atoms with E-state index in [2.05, 4.69) is 6.58 Å². The molecule has 2 bridgehead atoms. The van der Waals surface area contributed by atoms with Crippen LogP contribution in [0.25, 0.3) is 0 Å². The average Bonchev–Trinajstić information content (AvgIpc) is 3.46. The van der Waals surface area contributed by atoms with Crippen LogP contribution in [0.15, 0.2) is 35.2 Å². The van der Waals surface area contributed by atoms with Crippen LogP contribution < -0.4 is 0 Å². The molecule has 10 atom stereocenters. The minimum Gasteiger partial charge on any atom is -0.472 e. The Balaban J connectivity index is 1.56. The zero-order chi connectivity index (χ0) is 29.7. The van der Waals surface area contributed by atoms with Crippen molar-refractivity contribution in [1.29, 1.82) is 0 Å². The summed E-state index contributed by atoms with van der Waals surface area (Å²) in [5.41, 5.74) is -4.15. The normalized spacial score (nSPS) is 45.2. The number of fused-ring (bicyclic) bond motifs is 5. The molecule has 1 spiro atoms. The summed E-state index contributed by atoms with van der Waals surface area (Å²) in [6.07, 6.45) is -0.419. The number of ketones is 1. The zero-order valence-electron chi connectivity index (χ0n) is 24.1. The largest absolute Gasteiger partial charge is 0.472 e. The van der Waals surface area contributed by atoms with Crippen LogP contribution in [0.5, 0.6) is 0 Å². The smallest absolute Gasteiger partial charge is 0.309 e. The summed E-state index contributed by atoms with van der Waals surface area (Å²) in [7, 11) is 0. The molecule has 1 N–H and O–H groups in total. The van der Waals surface area contributed by atoms with Gasteiger partial charge in [0, 0.05) is 36.0 Å². The number of aliphatic hydroxyl groups is 1. The highest BCUT2D eigenvalue weighted by Gasteiger charge is 2.81. The molecule has 3 saturated heterocycles. The quantitative estimate of drug-likeness (QED) is 0.326. The van der Waals surface area contributed by atoms with Crippen molar-refractivity contribution in [3.63, 3.8) is 0 Å². The lowest BCUT2D eigenvalue weighted by Crippen LogP contribution is -2.76. The second-order valence-electron chi connectivity index (χ2n) is 13.6. The molecular formula is C31H38O10. The Kier molecular flexibility index (Phi) is 6.19. The van der Waals surface area contributed by atoms with Gasteiger partial charge < -0.3 is 28.5 Å². The summed E-state index contributed by atoms with van der Waals surface area (Å²) in [6, 6.07) is 1.76. The van der Waals surface area contributed by atoms with Gasteiger partial charge in [-0.15, -0.1) is 0 Å². The maximum Gasteiger partial charge on any atom is 0.309 e. The number of rotatable bonds is 4. The third kappa shape index (κ3) is 3.55. The van der Waals surface area contributed by atoms with Gasteiger partial charge in [0.15, 0.2) is 11.4 Å². The summed E-state index contributed by atoms with van der Waals surface area (Å²) in [4.78, 5) is 53.4. The SMILES string of the molecule is C=C1[C@@H]2[C@@H](O)[C@H](OC(=O)CC(C)C)[C@@]3(C)[C@H](c4ccoc4)CC(=O)[C@]13O[C@H]1CC(=O)O[C@]3(C)COC(=O)C[C@@H]3[C@]12C. The second kappa shape index (κ2) is 9.01. The third-order valence-corrected chi connectivity index (χ3v) is 10.9. The molecule has 0 radical (unpaired) electrons. The van der Waals surface area contributed by atoms with Crippen LogP contribution in [-0.4, -0.2) is 64.9 Å². The molecule has 5 aliphatic rings. The Bertz CT molecular complexity index is 1320. The van der Waals surface area contributed by atoms with Gasteiger partial charge >= 0.3 is 17.9 Å². The minimum atomic E-state index is -1.66. The summed E-state index contributed by atoms with van der Waals surface area (Å²) in [5, 5.41) is 12.4. The molecule has 2 aliphatic carbocycles. The van der Waals surface area contributed by atoms with E-state index < -0.39 is 76.0 Å². The van der Waals surface area contributed by atoms with E-state index in [0.717, 1.165) is 0 Å². The van der Waals surface area contributed by atoms with Crippen molar-refractivity contribution in [2.45, 2.75) is 95.7 Å². The van der Waals surface area contributed by atoms with Gasteiger partial charge in [0.1, 0.15) is 18.3 Å². The van der Waals surface area contributed by atoms with E-state index in [-0.39, 0.29) is 44.0 Å². The van der Waals surface area contributed by atoms with Crippen LogP contribution in [0, 0.1) is 28.6 Å². The summed E-state index contributed by atoms with van der Waals surface area (Å²) in [5.74, 6) is -3.77. The number of carbonyl (C=O) groups excluding carboxylic acids is 4. The van der Waals surface area contributed by atoms with Gasteiger partial charge in [-0.3, -0.25) is 19.2 Å². The molecule has 1 aromatic heterocycles. The number of aliphatic hydroxyl groups excluding tert-OH is 1. The van der Waals surface area contributed by atoms with Crippen LogP contribution >= 0.6 is 0 Å². The third-order valence-electron chi connectivity index (χ3n) is 10.9. The highest BCUT2D eigenvalue weighted by atomic mass is 16.6. The van der Waals surface area contributed by atoms with E-state index in [0.29, 0.717) is 11.1 Å². The monoisotopic (exact) mass is 570 g/mol. The van der Waals surface area contributed by atoms with Crippen molar-refractivity contribution in [3.8, 4) is 0 Å². The topological polar surface area (TPSA) is 139 Å². The number of esters is 3. The first kappa shape index (κ1) is 28.2. The van der Waals surface area contributed by atoms with Crippen LogP contribution in [-0.2, 0) is 38.1 Å². The van der Waals surface area contributed by atoms with Gasteiger partial charge in [0.25, 0.3) is 0 Å². The van der Waals surface area contributed by atoms with E-state index in [9.17, 15) is 24.3 Å². The van der Waals surface area contributed by atoms with Gasteiger partial charge in [0.2, 0.25) is 0 Å². The summed E-state index contributed by atoms with van der Waals surface area (Å²) in [6.45, 7) is 13.4. The highest BCUT2D eigenvalue weighted by molar-refractivity contribution is 5.97. The van der Waals surface area contributed by atoms with E-state index in [4.69, 9.17) is 23.4 Å². The van der Waals surface area contributed by atoms with Crippen LogP contribution in [0.4, 0.5) is 0 Å². The number of ether oxygens (including phenoxy) is 4. The fourth-order valence-corrected chi connectivity index (χ4v) is 9.07. The van der Waals surface area contributed by atoms with E-state index in [1.807, 2.05) is 20.8 Å². The maximum absolute atomic E-state index is 14.3. The van der Waals surface area contributed by atoms with Crippen molar-refractivity contribution < 1.29 is 47.6 Å². The lowest BCUT2D eigenvalue weighted by atomic mass is 9.44. The average molecular weight is 571 g/mol. The zero-order valence-corrected chi connectivity index (χ0v) is 24.1. The maximum atomic E-state index is 14.3. The molecule has 0 amide bonds. The molecule has 41 heavy (non-hydrogen) atoms. The van der Waals surface area contributed by atoms with Crippen molar-refractivity contribution in [2.75, 3.05) is 6.61 Å². The molecule has 0 unspecified atom stereocenters. The number of furan rings is 1. The van der Waals surface area contributed by atoms with E-state index in [1.165, 1.54) is 6.26 Å². The fraction of sp³-hybridized carbons (Fsp3) is 0.677. The second-order valence-corrected chi connectivity index (χ2v) is 13.6. The van der Waals surface area contributed by atoms with E-state index in [1.54, 1.807) is 26.2 Å². The first-order valence-corrected chi connectivity index (χ1v) is 14.4. The fourth-order valence-electron chi connectivity index (χ4n) is 9.07. The Morgan fingerprint density at radius 2 is 1.88 bits per heavy atom. The van der Waals surface area contributed by atoms with Crippen molar-refractivity contribution in [2.24, 2.45) is 28.6 Å². The van der Waals surface area contributed by atoms with Crippen LogP contribution in [0.1, 0.15) is 71.8 Å². The lowest BCUT2D eigenvalue weighted by molar-refractivity contribution is -0.295. The molecule has 3 aliphatic heterocycles. The molecule has 222 valence electrons. The highest BCUT2D eigenvalue weighted by Crippen LogP contribution is 2.72. The Morgan fingerprint density at radius 1 is 1.15 bits per heavy atom. The number of hydrogen-bond acceptors (Lipinski definition) is 10. The molecule has 5 fully saturated rings. The van der Waals surface area contributed by atoms with Gasteiger partial charge in [-0.05, 0) is 30.0 Å². The molecule has 10 heteroatoms. The Hall–Kier alpha value is -2.98. The molecule has 1 aromatic rings. The number of carbonyl (C=O) groups is 4. The Labute approximate surface area is 238 Å². The summed E-state index contributed by atoms with van der Waals surface area (Å²) >= 11 is 0. The van der Waals surface area contributed by atoms with Crippen molar-refractivity contribution in [3.05, 3.63) is 36.3 Å². The first-order valence-electron chi connectivity index (χ1n) is 14.4.